The summed E-state index contributed by atoms with van der Waals surface area (Å²) in [6.07, 6.45) is -4.46. The summed E-state index contributed by atoms with van der Waals surface area (Å²) >= 11 is 3.95. The first-order valence-electron chi connectivity index (χ1n) is 4.70. The number of pyridine rings is 1. The summed E-state index contributed by atoms with van der Waals surface area (Å²) in [6, 6.07) is 3.31. The van der Waals surface area contributed by atoms with E-state index < -0.39 is 11.9 Å². The van der Waals surface area contributed by atoms with E-state index in [4.69, 9.17) is 4.74 Å². The summed E-state index contributed by atoms with van der Waals surface area (Å²) in [4.78, 5) is 7.43. The van der Waals surface area contributed by atoms with Crippen LogP contribution >= 0.6 is 27.3 Å². The molecule has 2 rings (SSSR count). The van der Waals surface area contributed by atoms with Crippen LogP contribution in [0.25, 0.3) is 0 Å². The van der Waals surface area contributed by atoms with Crippen molar-refractivity contribution in [1.29, 1.82) is 0 Å². The molecule has 0 spiro atoms. The van der Waals surface area contributed by atoms with Gasteiger partial charge in [-0.15, -0.1) is 0 Å². The fourth-order valence-electron chi connectivity index (χ4n) is 1.12. The van der Waals surface area contributed by atoms with E-state index in [0.29, 0.717) is 10.4 Å². The SMILES string of the molecule is Cc1ccc(Oc2nc(C(F)(F)F)cs2)c(Br)n1. The lowest BCUT2D eigenvalue weighted by molar-refractivity contribution is -0.140. The van der Waals surface area contributed by atoms with Crippen molar-refractivity contribution < 1.29 is 17.9 Å². The molecular weight excluding hydrogens is 333 g/mol. The first-order valence-corrected chi connectivity index (χ1v) is 6.37. The van der Waals surface area contributed by atoms with Gasteiger partial charge in [-0.25, -0.2) is 4.98 Å². The Morgan fingerprint density at radius 2 is 2.00 bits per heavy atom. The normalized spacial score (nSPS) is 11.6. The lowest BCUT2D eigenvalue weighted by Gasteiger charge is -2.04. The highest BCUT2D eigenvalue weighted by Gasteiger charge is 2.34. The first kappa shape index (κ1) is 13.3. The van der Waals surface area contributed by atoms with Crippen molar-refractivity contribution in [2.45, 2.75) is 13.1 Å². The molecule has 2 aromatic heterocycles. The van der Waals surface area contributed by atoms with Crippen LogP contribution < -0.4 is 4.74 Å². The molecule has 96 valence electrons. The highest BCUT2D eigenvalue weighted by Crippen LogP contribution is 2.35. The zero-order valence-corrected chi connectivity index (χ0v) is 11.4. The van der Waals surface area contributed by atoms with Gasteiger partial charge in [-0.1, -0.05) is 11.3 Å². The fourth-order valence-corrected chi connectivity index (χ4v) is 2.30. The van der Waals surface area contributed by atoms with E-state index in [2.05, 4.69) is 25.9 Å². The molecular formula is C10H6BrF3N2OS. The largest absolute Gasteiger partial charge is 0.434 e. The molecule has 0 saturated carbocycles. The number of rotatable bonds is 2. The van der Waals surface area contributed by atoms with Crippen LogP contribution in [0.1, 0.15) is 11.4 Å². The number of aromatic nitrogens is 2. The Labute approximate surface area is 113 Å². The highest BCUT2D eigenvalue weighted by atomic mass is 79.9. The van der Waals surface area contributed by atoms with E-state index >= 15 is 0 Å². The van der Waals surface area contributed by atoms with Crippen LogP contribution in [0.3, 0.4) is 0 Å². The number of hydrogen-bond acceptors (Lipinski definition) is 4. The Balaban J connectivity index is 2.21. The van der Waals surface area contributed by atoms with Crippen molar-refractivity contribution in [3.63, 3.8) is 0 Å². The number of thiazole rings is 1. The highest BCUT2D eigenvalue weighted by molar-refractivity contribution is 9.10. The Morgan fingerprint density at radius 1 is 1.28 bits per heavy atom. The van der Waals surface area contributed by atoms with Gasteiger partial charge in [0.05, 0.1) is 0 Å². The molecule has 0 aliphatic heterocycles. The number of alkyl halides is 3. The molecule has 0 aromatic carbocycles. The average molecular weight is 339 g/mol. The van der Waals surface area contributed by atoms with Crippen LogP contribution in [0.2, 0.25) is 0 Å². The molecule has 3 nitrogen and oxygen atoms in total. The summed E-state index contributed by atoms with van der Waals surface area (Å²) in [6.45, 7) is 1.79. The number of nitrogens with zero attached hydrogens (tertiary/aromatic N) is 2. The molecule has 0 fully saturated rings. The van der Waals surface area contributed by atoms with Gasteiger partial charge < -0.3 is 4.74 Å². The van der Waals surface area contributed by atoms with Crippen LogP contribution in [-0.2, 0) is 6.18 Å². The van der Waals surface area contributed by atoms with Gasteiger partial charge in [0, 0.05) is 11.1 Å². The second kappa shape index (κ2) is 4.85. The molecule has 18 heavy (non-hydrogen) atoms. The molecule has 0 unspecified atom stereocenters. The number of ether oxygens (including phenoxy) is 1. The van der Waals surface area contributed by atoms with Gasteiger partial charge in [0.25, 0.3) is 5.19 Å². The molecule has 0 amide bonds. The minimum atomic E-state index is -4.46. The number of hydrogen-bond donors (Lipinski definition) is 0. The van der Waals surface area contributed by atoms with Crippen molar-refractivity contribution in [2.24, 2.45) is 0 Å². The molecule has 0 aliphatic carbocycles. The molecule has 0 saturated heterocycles. The maximum Gasteiger partial charge on any atom is 0.434 e. The smallest absolute Gasteiger partial charge is 0.428 e. The Bertz CT molecular complexity index is 570. The Kier molecular flexibility index (Phi) is 3.58. The van der Waals surface area contributed by atoms with Crippen LogP contribution in [-0.4, -0.2) is 9.97 Å². The predicted molar refractivity (Wildman–Crippen MR) is 63.9 cm³/mol. The lowest BCUT2D eigenvalue weighted by atomic mass is 10.4. The van der Waals surface area contributed by atoms with E-state index in [9.17, 15) is 13.2 Å². The van der Waals surface area contributed by atoms with Gasteiger partial charge in [-0.2, -0.15) is 18.2 Å². The third-order valence-corrected chi connectivity index (χ3v) is 3.21. The minimum Gasteiger partial charge on any atom is -0.428 e. The molecule has 0 radical (unpaired) electrons. The summed E-state index contributed by atoms with van der Waals surface area (Å²) in [5.41, 5.74) is -0.192. The average Bonchev–Trinajstić information content (AvgIpc) is 2.70. The predicted octanol–water partition coefficient (Wildman–Crippen LogP) is 4.42. The summed E-state index contributed by atoms with van der Waals surface area (Å²) in [5.74, 6) is 0.323. The van der Waals surface area contributed by atoms with E-state index in [1.807, 2.05) is 0 Å². The molecule has 0 atom stereocenters. The third kappa shape index (κ3) is 2.99. The van der Waals surface area contributed by atoms with E-state index in [1.165, 1.54) is 0 Å². The first-order chi connectivity index (χ1) is 8.36. The third-order valence-electron chi connectivity index (χ3n) is 1.92. The Hall–Kier alpha value is -1.15. The van der Waals surface area contributed by atoms with E-state index in [-0.39, 0.29) is 5.19 Å². The number of halogens is 4. The lowest BCUT2D eigenvalue weighted by Crippen LogP contribution is -2.04. The summed E-state index contributed by atoms with van der Waals surface area (Å²) in [5, 5.41) is 0.832. The van der Waals surface area contributed by atoms with Crippen LogP contribution in [0.4, 0.5) is 13.2 Å². The minimum absolute atomic E-state index is 0.0753. The quantitative estimate of drug-likeness (QED) is 0.760. The molecule has 8 heteroatoms. The van der Waals surface area contributed by atoms with Crippen molar-refractivity contribution in [1.82, 2.24) is 9.97 Å². The van der Waals surface area contributed by atoms with Crippen LogP contribution in [0.15, 0.2) is 22.1 Å². The van der Waals surface area contributed by atoms with Gasteiger partial charge >= 0.3 is 6.18 Å². The van der Waals surface area contributed by atoms with Crippen molar-refractivity contribution in [3.05, 3.63) is 33.5 Å². The van der Waals surface area contributed by atoms with Crippen molar-refractivity contribution in [2.75, 3.05) is 0 Å². The molecule has 2 aromatic rings. The van der Waals surface area contributed by atoms with E-state index in [1.54, 1.807) is 19.1 Å². The van der Waals surface area contributed by atoms with Crippen molar-refractivity contribution >= 4 is 27.3 Å². The maximum atomic E-state index is 12.3. The van der Waals surface area contributed by atoms with E-state index in [0.717, 1.165) is 22.4 Å². The van der Waals surface area contributed by atoms with Crippen molar-refractivity contribution in [3.8, 4) is 10.9 Å². The van der Waals surface area contributed by atoms with Crippen LogP contribution in [0.5, 0.6) is 10.9 Å². The molecule has 0 N–H and O–H groups in total. The molecule has 0 bridgehead atoms. The van der Waals surface area contributed by atoms with Gasteiger partial charge in [0.15, 0.2) is 11.4 Å². The zero-order chi connectivity index (χ0) is 13.3. The van der Waals surface area contributed by atoms with Gasteiger partial charge in [-0.05, 0) is 35.0 Å². The van der Waals surface area contributed by atoms with Gasteiger partial charge in [0.2, 0.25) is 0 Å². The fraction of sp³-hybridized carbons (Fsp3) is 0.200. The van der Waals surface area contributed by atoms with Gasteiger partial charge in [0.1, 0.15) is 4.60 Å². The maximum absolute atomic E-state index is 12.3. The topological polar surface area (TPSA) is 35.0 Å². The molecule has 0 aliphatic rings. The monoisotopic (exact) mass is 338 g/mol. The summed E-state index contributed by atoms with van der Waals surface area (Å²) < 4.78 is 42.7. The number of aryl methyl sites for hydroxylation is 1. The molecule has 2 heterocycles. The second-order valence-corrected chi connectivity index (χ2v) is 4.91. The second-order valence-electron chi connectivity index (χ2n) is 3.34. The zero-order valence-electron chi connectivity index (χ0n) is 8.95. The Morgan fingerprint density at radius 3 is 2.56 bits per heavy atom. The van der Waals surface area contributed by atoms with Gasteiger partial charge in [-0.3, -0.25) is 0 Å². The standard InChI is InChI=1S/C10H6BrF3N2OS/c1-5-2-3-6(8(11)15-5)17-9-16-7(4-18-9)10(12,13)14/h2-4H,1H3. The van der Waals surface area contributed by atoms with Crippen LogP contribution in [0, 0.1) is 6.92 Å². The summed E-state index contributed by atoms with van der Waals surface area (Å²) in [7, 11) is 0.